The maximum atomic E-state index is 4.63. The van der Waals surface area contributed by atoms with Gasteiger partial charge in [-0.25, -0.2) is 9.97 Å². The van der Waals surface area contributed by atoms with Crippen molar-refractivity contribution in [1.82, 2.24) is 9.97 Å². The first-order valence-electron chi connectivity index (χ1n) is 8.08. The second-order valence-corrected chi connectivity index (χ2v) is 6.45. The number of rotatable bonds is 3. The molecule has 0 spiro atoms. The predicted octanol–water partition coefficient (Wildman–Crippen LogP) is 3.38. The van der Waals surface area contributed by atoms with Gasteiger partial charge < -0.3 is 10.2 Å². The number of hydrogen-bond acceptors (Lipinski definition) is 4. The quantitative estimate of drug-likeness (QED) is 0.917. The van der Waals surface area contributed by atoms with Gasteiger partial charge in [-0.3, -0.25) is 0 Å². The first-order valence-corrected chi connectivity index (χ1v) is 8.08. The van der Waals surface area contributed by atoms with Crippen LogP contribution in [0.4, 0.5) is 11.6 Å². The van der Waals surface area contributed by atoms with Crippen LogP contribution in [0.5, 0.6) is 0 Å². The molecule has 3 rings (SSSR count). The highest BCUT2D eigenvalue weighted by Gasteiger charge is 2.19. The smallest absolute Gasteiger partial charge is 0.134 e. The SMILES string of the molecule is Cc1nc(NC2CCCC2)cc(N2CCC(C)CC2)n1. The van der Waals surface area contributed by atoms with Gasteiger partial charge in [-0.15, -0.1) is 0 Å². The Bertz CT molecular complexity index is 446. The molecule has 1 aromatic heterocycles. The van der Waals surface area contributed by atoms with Crippen LogP contribution in [0.15, 0.2) is 6.07 Å². The summed E-state index contributed by atoms with van der Waals surface area (Å²) in [4.78, 5) is 11.6. The van der Waals surface area contributed by atoms with Crippen LogP contribution in [0, 0.1) is 12.8 Å². The maximum absolute atomic E-state index is 4.63. The lowest BCUT2D eigenvalue weighted by atomic mass is 9.99. The van der Waals surface area contributed by atoms with E-state index in [4.69, 9.17) is 0 Å². The van der Waals surface area contributed by atoms with Crippen LogP contribution in [-0.2, 0) is 0 Å². The van der Waals surface area contributed by atoms with Crippen molar-refractivity contribution >= 4 is 11.6 Å². The third-order valence-electron chi connectivity index (χ3n) is 4.64. The third kappa shape index (κ3) is 3.22. The fourth-order valence-electron chi connectivity index (χ4n) is 3.30. The van der Waals surface area contributed by atoms with Crippen molar-refractivity contribution in [2.45, 2.75) is 58.4 Å². The van der Waals surface area contributed by atoms with Gasteiger partial charge in [-0.05, 0) is 38.5 Å². The lowest BCUT2D eigenvalue weighted by Gasteiger charge is -2.31. The van der Waals surface area contributed by atoms with Crippen LogP contribution in [0.3, 0.4) is 0 Å². The summed E-state index contributed by atoms with van der Waals surface area (Å²) >= 11 is 0. The molecule has 2 fully saturated rings. The molecule has 0 radical (unpaired) electrons. The minimum absolute atomic E-state index is 0.610. The molecule has 20 heavy (non-hydrogen) atoms. The van der Waals surface area contributed by atoms with E-state index >= 15 is 0 Å². The lowest BCUT2D eigenvalue weighted by Crippen LogP contribution is -2.33. The highest BCUT2D eigenvalue weighted by molar-refractivity contribution is 5.50. The van der Waals surface area contributed by atoms with Crippen molar-refractivity contribution in [1.29, 1.82) is 0 Å². The molecule has 2 aliphatic rings. The molecule has 0 bridgehead atoms. The van der Waals surface area contributed by atoms with E-state index in [1.165, 1.54) is 38.5 Å². The van der Waals surface area contributed by atoms with Gasteiger partial charge >= 0.3 is 0 Å². The zero-order chi connectivity index (χ0) is 13.9. The Morgan fingerprint density at radius 1 is 1.10 bits per heavy atom. The maximum Gasteiger partial charge on any atom is 0.134 e. The minimum atomic E-state index is 0.610. The molecule has 4 heteroatoms. The van der Waals surface area contributed by atoms with E-state index in [1.54, 1.807) is 0 Å². The number of aromatic nitrogens is 2. The molecule has 110 valence electrons. The topological polar surface area (TPSA) is 41.1 Å². The highest BCUT2D eigenvalue weighted by Crippen LogP contribution is 2.25. The van der Waals surface area contributed by atoms with Crippen LogP contribution in [0.2, 0.25) is 0 Å². The molecular weight excluding hydrogens is 248 g/mol. The fourth-order valence-corrected chi connectivity index (χ4v) is 3.30. The Labute approximate surface area is 122 Å². The second-order valence-electron chi connectivity index (χ2n) is 6.45. The van der Waals surface area contributed by atoms with Gasteiger partial charge in [0.25, 0.3) is 0 Å². The number of nitrogens with zero attached hydrogens (tertiary/aromatic N) is 3. The van der Waals surface area contributed by atoms with E-state index in [1.807, 2.05) is 6.92 Å². The van der Waals surface area contributed by atoms with Gasteiger partial charge in [0.1, 0.15) is 17.5 Å². The van der Waals surface area contributed by atoms with Crippen molar-refractivity contribution in [2.75, 3.05) is 23.3 Å². The number of anilines is 2. The van der Waals surface area contributed by atoms with E-state index in [2.05, 4.69) is 33.2 Å². The molecule has 1 saturated carbocycles. The Balaban J connectivity index is 1.72. The van der Waals surface area contributed by atoms with E-state index in [0.717, 1.165) is 36.5 Å². The van der Waals surface area contributed by atoms with Crippen LogP contribution < -0.4 is 10.2 Å². The largest absolute Gasteiger partial charge is 0.367 e. The standard InChI is InChI=1S/C16H26N4/c1-12-7-9-20(10-8-12)16-11-15(17-13(2)18-16)19-14-5-3-4-6-14/h11-12,14H,3-10H2,1-2H3,(H,17,18,19). The van der Waals surface area contributed by atoms with Gasteiger partial charge in [0.2, 0.25) is 0 Å². The van der Waals surface area contributed by atoms with Crippen molar-refractivity contribution < 1.29 is 0 Å². The van der Waals surface area contributed by atoms with Crippen LogP contribution in [-0.4, -0.2) is 29.1 Å². The number of nitrogens with one attached hydrogen (secondary N) is 1. The average molecular weight is 274 g/mol. The summed E-state index contributed by atoms with van der Waals surface area (Å²) in [6.45, 7) is 6.59. The van der Waals surface area contributed by atoms with Crippen molar-refractivity contribution in [3.63, 3.8) is 0 Å². The Hall–Kier alpha value is -1.32. The molecule has 4 nitrogen and oxygen atoms in total. The lowest BCUT2D eigenvalue weighted by molar-refractivity contribution is 0.436. The summed E-state index contributed by atoms with van der Waals surface area (Å²) in [6, 6.07) is 2.75. The number of hydrogen-bond donors (Lipinski definition) is 1. The Morgan fingerprint density at radius 2 is 1.80 bits per heavy atom. The second kappa shape index (κ2) is 5.98. The summed E-state index contributed by atoms with van der Waals surface area (Å²) in [5.41, 5.74) is 0. The van der Waals surface area contributed by atoms with Crippen LogP contribution in [0.25, 0.3) is 0 Å². The number of aryl methyl sites for hydroxylation is 1. The summed E-state index contributed by atoms with van der Waals surface area (Å²) in [5.74, 6) is 3.84. The molecule has 1 aromatic rings. The first-order chi connectivity index (χ1) is 9.70. The van der Waals surface area contributed by atoms with Gasteiger partial charge in [-0.1, -0.05) is 19.8 Å². The third-order valence-corrected chi connectivity index (χ3v) is 4.64. The molecule has 1 N–H and O–H groups in total. The van der Waals surface area contributed by atoms with Crippen molar-refractivity contribution in [2.24, 2.45) is 5.92 Å². The summed E-state index contributed by atoms with van der Waals surface area (Å²) < 4.78 is 0. The monoisotopic (exact) mass is 274 g/mol. The molecule has 0 amide bonds. The molecular formula is C16H26N4. The molecule has 1 aliphatic carbocycles. The van der Waals surface area contributed by atoms with Crippen LogP contribution in [0.1, 0.15) is 51.3 Å². The van der Waals surface area contributed by atoms with Gasteiger partial charge in [0.05, 0.1) is 0 Å². The Morgan fingerprint density at radius 3 is 2.50 bits per heavy atom. The van der Waals surface area contributed by atoms with E-state index in [0.29, 0.717) is 6.04 Å². The predicted molar refractivity (Wildman–Crippen MR) is 83.3 cm³/mol. The molecule has 0 atom stereocenters. The molecule has 1 aliphatic heterocycles. The highest BCUT2D eigenvalue weighted by atomic mass is 15.2. The summed E-state index contributed by atoms with van der Waals surface area (Å²) in [5, 5.41) is 3.59. The zero-order valence-electron chi connectivity index (χ0n) is 12.7. The molecule has 1 saturated heterocycles. The summed E-state index contributed by atoms with van der Waals surface area (Å²) in [6.07, 6.45) is 7.79. The van der Waals surface area contributed by atoms with Gasteiger partial charge in [-0.2, -0.15) is 0 Å². The minimum Gasteiger partial charge on any atom is -0.367 e. The van der Waals surface area contributed by atoms with E-state index < -0.39 is 0 Å². The van der Waals surface area contributed by atoms with Crippen molar-refractivity contribution in [3.05, 3.63) is 11.9 Å². The van der Waals surface area contributed by atoms with E-state index in [9.17, 15) is 0 Å². The fraction of sp³-hybridized carbons (Fsp3) is 0.750. The van der Waals surface area contributed by atoms with Crippen LogP contribution >= 0.6 is 0 Å². The van der Waals surface area contributed by atoms with Crippen molar-refractivity contribution in [3.8, 4) is 0 Å². The number of piperidine rings is 1. The molecule has 0 unspecified atom stereocenters. The normalized spacial score (nSPS) is 21.4. The van der Waals surface area contributed by atoms with E-state index in [-0.39, 0.29) is 0 Å². The summed E-state index contributed by atoms with van der Waals surface area (Å²) in [7, 11) is 0. The Kier molecular flexibility index (Phi) is 4.08. The average Bonchev–Trinajstić information content (AvgIpc) is 2.91. The first kappa shape index (κ1) is 13.7. The van der Waals surface area contributed by atoms with Gasteiger partial charge in [0, 0.05) is 25.2 Å². The molecule has 2 heterocycles. The molecule has 0 aromatic carbocycles. The van der Waals surface area contributed by atoms with Gasteiger partial charge in [0.15, 0.2) is 0 Å². The zero-order valence-corrected chi connectivity index (χ0v) is 12.7.